The van der Waals surface area contributed by atoms with Crippen molar-refractivity contribution in [2.24, 2.45) is 0 Å². The van der Waals surface area contributed by atoms with Crippen LogP contribution in [0.15, 0.2) is 48.5 Å². The summed E-state index contributed by atoms with van der Waals surface area (Å²) < 4.78 is -1.54. The van der Waals surface area contributed by atoms with Crippen LogP contribution in [0, 0.1) is 6.92 Å². The van der Waals surface area contributed by atoms with Gasteiger partial charge in [-0.25, -0.2) is 0 Å². The molecule has 0 heterocycles. The Kier molecular flexibility index (Phi) is 8.74. The lowest BCUT2D eigenvalue weighted by Crippen LogP contribution is -2.32. The maximum Gasteiger partial charge on any atom is 0.257 e. The summed E-state index contributed by atoms with van der Waals surface area (Å²) in [6.45, 7) is 3.28. The largest absolute Gasteiger partial charge is 0.399 e. The van der Waals surface area contributed by atoms with Crippen LogP contribution in [0.4, 0.5) is 17.1 Å². The molecule has 4 N–H and O–H groups in total. The molecule has 184 valence electrons. The SMILES string of the molecule is Cc1cc(N)ccc1NC(=O)c1cc(NC(=O)C(c2cc(Cl)c(Cl)c(Cl)c2)C(C)(Cl)Cl)ccc1Cl. The molecule has 0 aromatic heterocycles. The predicted octanol–water partition coefficient (Wildman–Crippen LogP) is 8.36. The zero-order valence-electron chi connectivity index (χ0n) is 18.4. The van der Waals surface area contributed by atoms with Crippen molar-refractivity contribution >= 4 is 98.5 Å². The number of aryl methyl sites for hydroxylation is 1. The van der Waals surface area contributed by atoms with E-state index in [0.29, 0.717) is 22.6 Å². The summed E-state index contributed by atoms with van der Waals surface area (Å²) in [6.07, 6.45) is 0. The summed E-state index contributed by atoms with van der Waals surface area (Å²) in [4.78, 5) is 26.2. The minimum absolute atomic E-state index is 0.145. The monoisotopic (exact) mass is 591 g/mol. The van der Waals surface area contributed by atoms with E-state index in [1.807, 2.05) is 6.92 Å². The number of hydrogen-bond acceptors (Lipinski definition) is 3. The van der Waals surface area contributed by atoms with Gasteiger partial charge in [-0.15, -0.1) is 23.2 Å². The Morgan fingerprint density at radius 2 is 1.51 bits per heavy atom. The molecule has 3 rings (SSSR count). The highest BCUT2D eigenvalue weighted by molar-refractivity contribution is 6.50. The number of carbonyl (C=O) groups excluding carboxylic acids is 2. The normalized spacial score (nSPS) is 12.2. The number of anilines is 3. The molecule has 1 atom stereocenters. The van der Waals surface area contributed by atoms with Gasteiger partial charge in [-0.1, -0.05) is 46.4 Å². The van der Waals surface area contributed by atoms with E-state index in [-0.39, 0.29) is 25.7 Å². The van der Waals surface area contributed by atoms with Gasteiger partial charge in [0.2, 0.25) is 5.91 Å². The lowest BCUT2D eigenvalue weighted by atomic mass is 9.94. The van der Waals surface area contributed by atoms with E-state index in [2.05, 4.69) is 10.6 Å². The van der Waals surface area contributed by atoms with Crippen molar-refractivity contribution in [2.75, 3.05) is 16.4 Å². The average molecular weight is 594 g/mol. The van der Waals surface area contributed by atoms with Crippen molar-refractivity contribution < 1.29 is 9.59 Å². The van der Waals surface area contributed by atoms with Crippen molar-refractivity contribution in [3.05, 3.63) is 85.3 Å². The van der Waals surface area contributed by atoms with E-state index in [1.165, 1.54) is 31.2 Å². The molecular weight excluding hydrogens is 575 g/mol. The van der Waals surface area contributed by atoms with Crippen LogP contribution in [0.3, 0.4) is 0 Å². The van der Waals surface area contributed by atoms with E-state index in [9.17, 15) is 9.59 Å². The van der Waals surface area contributed by atoms with Crippen LogP contribution < -0.4 is 16.4 Å². The number of benzene rings is 3. The lowest BCUT2D eigenvalue weighted by Gasteiger charge is -2.26. The topological polar surface area (TPSA) is 84.2 Å². The lowest BCUT2D eigenvalue weighted by molar-refractivity contribution is -0.117. The van der Waals surface area contributed by atoms with Gasteiger partial charge in [0.05, 0.1) is 31.6 Å². The van der Waals surface area contributed by atoms with Crippen LogP contribution in [0.1, 0.15) is 34.3 Å². The number of nitrogens with one attached hydrogen (secondary N) is 2. The van der Waals surface area contributed by atoms with Crippen LogP contribution in [0.2, 0.25) is 20.1 Å². The molecule has 3 aromatic carbocycles. The van der Waals surface area contributed by atoms with Gasteiger partial charge in [0, 0.05) is 17.1 Å². The summed E-state index contributed by atoms with van der Waals surface area (Å²) in [5.74, 6) is -2.11. The molecule has 2 amide bonds. The fourth-order valence-corrected chi connectivity index (χ4v) is 4.69. The molecule has 35 heavy (non-hydrogen) atoms. The highest BCUT2D eigenvalue weighted by atomic mass is 35.5. The summed E-state index contributed by atoms with van der Waals surface area (Å²) in [5, 5.41) is 6.15. The van der Waals surface area contributed by atoms with Gasteiger partial charge in [0.15, 0.2) is 0 Å². The molecule has 3 aromatic rings. The van der Waals surface area contributed by atoms with Gasteiger partial charge >= 0.3 is 0 Å². The minimum atomic E-state index is -1.54. The first kappa shape index (κ1) is 27.7. The van der Waals surface area contributed by atoms with Crippen molar-refractivity contribution in [3.63, 3.8) is 0 Å². The van der Waals surface area contributed by atoms with Crippen molar-refractivity contribution in [2.45, 2.75) is 24.1 Å². The average Bonchev–Trinajstić information content (AvgIpc) is 2.74. The van der Waals surface area contributed by atoms with Crippen molar-refractivity contribution in [1.29, 1.82) is 0 Å². The van der Waals surface area contributed by atoms with E-state index in [0.717, 1.165) is 5.56 Å². The molecule has 0 fully saturated rings. The van der Waals surface area contributed by atoms with Gasteiger partial charge in [0.25, 0.3) is 5.91 Å². The van der Waals surface area contributed by atoms with Gasteiger partial charge in [-0.3, -0.25) is 9.59 Å². The number of carbonyl (C=O) groups is 2. The second kappa shape index (κ2) is 11.0. The first-order valence-corrected chi connectivity index (χ1v) is 12.3. The van der Waals surface area contributed by atoms with Gasteiger partial charge in [0.1, 0.15) is 4.33 Å². The Hall–Kier alpha value is -1.86. The van der Waals surface area contributed by atoms with Crippen LogP contribution in [-0.4, -0.2) is 16.1 Å². The van der Waals surface area contributed by atoms with E-state index in [1.54, 1.807) is 24.3 Å². The molecule has 0 saturated heterocycles. The Morgan fingerprint density at radius 3 is 2.09 bits per heavy atom. The molecule has 0 saturated carbocycles. The Balaban J connectivity index is 1.89. The second-order valence-electron chi connectivity index (χ2n) is 7.90. The Labute approximate surface area is 232 Å². The Bertz CT molecular complexity index is 1280. The van der Waals surface area contributed by atoms with E-state index < -0.39 is 22.1 Å². The second-order valence-corrected chi connectivity index (χ2v) is 11.3. The summed E-state index contributed by atoms with van der Waals surface area (Å²) in [6, 6.07) is 12.5. The van der Waals surface area contributed by atoms with Gasteiger partial charge < -0.3 is 16.4 Å². The van der Waals surface area contributed by atoms with Crippen LogP contribution in [0.5, 0.6) is 0 Å². The molecule has 0 bridgehead atoms. The predicted molar refractivity (Wildman–Crippen MR) is 148 cm³/mol. The van der Waals surface area contributed by atoms with Gasteiger partial charge in [-0.05, 0) is 73.5 Å². The fourth-order valence-electron chi connectivity index (χ4n) is 3.42. The van der Waals surface area contributed by atoms with E-state index in [4.69, 9.17) is 75.3 Å². The molecule has 0 aliphatic carbocycles. The number of nitrogens with two attached hydrogens (primary N) is 1. The quantitative estimate of drug-likeness (QED) is 0.152. The van der Waals surface area contributed by atoms with Crippen LogP contribution in [-0.2, 0) is 4.79 Å². The van der Waals surface area contributed by atoms with Crippen molar-refractivity contribution in [1.82, 2.24) is 0 Å². The number of hydrogen-bond donors (Lipinski definition) is 3. The Morgan fingerprint density at radius 1 is 0.886 bits per heavy atom. The molecule has 0 aliphatic heterocycles. The highest BCUT2D eigenvalue weighted by Gasteiger charge is 2.38. The maximum atomic E-state index is 13.3. The van der Waals surface area contributed by atoms with E-state index >= 15 is 0 Å². The third kappa shape index (κ3) is 6.67. The molecule has 1 unspecified atom stereocenters. The molecule has 5 nitrogen and oxygen atoms in total. The number of alkyl halides is 2. The summed E-state index contributed by atoms with van der Waals surface area (Å²) >= 11 is 37.3. The van der Waals surface area contributed by atoms with Crippen LogP contribution in [0.25, 0.3) is 0 Å². The first-order valence-electron chi connectivity index (χ1n) is 10.1. The van der Waals surface area contributed by atoms with Crippen molar-refractivity contribution in [3.8, 4) is 0 Å². The number of rotatable bonds is 6. The standard InChI is InChI=1S/C24H19Cl6N3O2/c1-11-7-13(31)3-6-19(11)33-22(34)15-10-14(4-5-16(15)25)32-23(35)20(24(2,29)30)12-8-17(26)21(28)18(27)9-12/h3-10,20H,31H2,1-2H3,(H,32,35)(H,33,34). The molecular formula is C24H19Cl6N3O2. The smallest absolute Gasteiger partial charge is 0.257 e. The molecule has 0 spiro atoms. The maximum absolute atomic E-state index is 13.3. The first-order chi connectivity index (χ1) is 16.3. The van der Waals surface area contributed by atoms with Crippen LogP contribution >= 0.6 is 69.6 Å². The highest BCUT2D eigenvalue weighted by Crippen LogP contribution is 2.42. The molecule has 0 radical (unpaired) electrons. The third-order valence-corrected chi connectivity index (χ3v) is 7.05. The summed E-state index contributed by atoms with van der Waals surface area (Å²) in [5.41, 5.74) is 8.51. The third-order valence-electron chi connectivity index (χ3n) is 5.09. The molecule has 0 aliphatic rings. The van der Waals surface area contributed by atoms with Gasteiger partial charge in [-0.2, -0.15) is 0 Å². The minimum Gasteiger partial charge on any atom is -0.399 e. The fraction of sp³-hybridized carbons (Fsp3) is 0.167. The zero-order chi connectivity index (χ0) is 26.1. The molecule has 11 heteroatoms. The number of halogens is 6. The number of amides is 2. The zero-order valence-corrected chi connectivity index (χ0v) is 22.9. The summed E-state index contributed by atoms with van der Waals surface area (Å²) in [7, 11) is 0. The number of nitrogen functional groups attached to an aromatic ring is 1.